The van der Waals surface area contributed by atoms with Gasteiger partial charge in [0.1, 0.15) is 11.5 Å². The first kappa shape index (κ1) is 29.4. The van der Waals surface area contributed by atoms with Crippen LogP contribution in [0, 0.1) is 11.6 Å². The second kappa shape index (κ2) is 11.9. The van der Waals surface area contributed by atoms with Crippen molar-refractivity contribution in [1.82, 2.24) is 0 Å². The number of carbonyl (C=O) groups is 4. The molecule has 0 fully saturated rings. The fourth-order valence-corrected chi connectivity index (χ4v) is 2.58. The van der Waals surface area contributed by atoms with E-state index in [-0.39, 0.29) is 39.4 Å². The number of benzene rings is 2. The van der Waals surface area contributed by atoms with Crippen molar-refractivity contribution in [3.8, 4) is 34.1 Å². The van der Waals surface area contributed by atoms with Crippen LogP contribution in [-0.2, 0) is 19.2 Å². The van der Waals surface area contributed by atoms with E-state index in [0.717, 1.165) is 18.2 Å². The minimum absolute atomic E-state index is 0.0331. The molecule has 10 heteroatoms. The van der Waals surface area contributed by atoms with E-state index in [1.807, 2.05) is 0 Å². The Labute approximate surface area is 217 Å². The van der Waals surface area contributed by atoms with Gasteiger partial charge in [0.2, 0.25) is 11.5 Å². The quantitative estimate of drug-likeness (QED) is 0.238. The second-order valence-electron chi connectivity index (χ2n) is 8.25. The molecular formula is C28H24F2O8. The molecule has 0 bridgehead atoms. The monoisotopic (exact) mass is 526 g/mol. The third-order valence-electron chi connectivity index (χ3n) is 4.53. The zero-order valence-electron chi connectivity index (χ0n) is 21.2. The Morgan fingerprint density at radius 2 is 0.947 bits per heavy atom. The fourth-order valence-electron chi connectivity index (χ4n) is 2.58. The van der Waals surface area contributed by atoms with E-state index in [1.165, 1.54) is 27.7 Å². The first-order valence-electron chi connectivity index (χ1n) is 10.8. The van der Waals surface area contributed by atoms with Gasteiger partial charge in [0, 0.05) is 33.9 Å². The van der Waals surface area contributed by atoms with Crippen molar-refractivity contribution in [2.24, 2.45) is 0 Å². The summed E-state index contributed by atoms with van der Waals surface area (Å²) in [4.78, 5) is 48.3. The first-order valence-corrected chi connectivity index (χ1v) is 10.8. The number of carbonyl (C=O) groups excluding carboxylic acids is 4. The van der Waals surface area contributed by atoms with E-state index >= 15 is 8.78 Å². The van der Waals surface area contributed by atoms with Crippen molar-refractivity contribution in [1.29, 1.82) is 0 Å². The summed E-state index contributed by atoms with van der Waals surface area (Å²) in [6.07, 6.45) is 0. The SMILES string of the molecule is C=C(C)C(=O)Oc1cc(OC(=O)C(=C)C)cc(-c2cc(F)c(OC(=O)C(=C)C)c(OC(=O)C(=C)C)c2F)c1. The Bertz CT molecular complexity index is 1370. The van der Waals surface area contributed by atoms with Crippen LogP contribution in [0.2, 0.25) is 0 Å². The van der Waals surface area contributed by atoms with Crippen LogP contribution in [0.4, 0.5) is 8.78 Å². The molecule has 2 aromatic rings. The summed E-state index contributed by atoms with van der Waals surface area (Å²) in [5, 5.41) is 0. The molecule has 0 aromatic heterocycles. The highest BCUT2D eigenvalue weighted by Crippen LogP contribution is 2.42. The van der Waals surface area contributed by atoms with Crippen LogP contribution >= 0.6 is 0 Å². The maximum Gasteiger partial charge on any atom is 0.338 e. The van der Waals surface area contributed by atoms with Gasteiger partial charge in [-0.3, -0.25) is 0 Å². The van der Waals surface area contributed by atoms with E-state index in [4.69, 9.17) is 18.9 Å². The lowest BCUT2D eigenvalue weighted by Crippen LogP contribution is -2.15. The second-order valence-corrected chi connectivity index (χ2v) is 8.25. The largest absolute Gasteiger partial charge is 0.423 e. The Balaban J connectivity index is 2.80. The summed E-state index contributed by atoms with van der Waals surface area (Å²) in [6, 6.07) is 4.09. The molecular weight excluding hydrogens is 502 g/mol. The maximum absolute atomic E-state index is 15.8. The number of esters is 4. The van der Waals surface area contributed by atoms with Gasteiger partial charge < -0.3 is 18.9 Å². The average Bonchev–Trinajstić information content (AvgIpc) is 2.82. The molecule has 198 valence electrons. The number of rotatable bonds is 9. The number of hydrogen-bond acceptors (Lipinski definition) is 8. The molecule has 0 atom stereocenters. The van der Waals surface area contributed by atoms with Crippen LogP contribution in [0.15, 0.2) is 72.9 Å². The molecule has 38 heavy (non-hydrogen) atoms. The lowest BCUT2D eigenvalue weighted by molar-refractivity contribution is -0.133. The third kappa shape index (κ3) is 7.10. The van der Waals surface area contributed by atoms with Crippen molar-refractivity contribution in [2.45, 2.75) is 27.7 Å². The molecule has 0 heterocycles. The lowest BCUT2D eigenvalue weighted by atomic mass is 10.0. The number of halogens is 2. The Hall–Kier alpha value is -4.86. The maximum atomic E-state index is 15.8. The van der Waals surface area contributed by atoms with Crippen molar-refractivity contribution in [3.05, 3.63) is 84.5 Å². The normalized spacial score (nSPS) is 10.2. The Morgan fingerprint density at radius 1 is 0.579 bits per heavy atom. The van der Waals surface area contributed by atoms with Crippen LogP contribution in [0.25, 0.3) is 11.1 Å². The van der Waals surface area contributed by atoms with Gasteiger partial charge in [-0.1, -0.05) is 26.3 Å². The molecule has 2 aromatic carbocycles. The summed E-state index contributed by atoms with van der Waals surface area (Å²) in [5.41, 5.74) is -0.917. The standard InChI is InChI=1S/C28H24F2O8/c1-13(2)25(31)35-18-9-17(10-19(11-18)36-26(32)14(3)4)20-12-21(29)23(37-27(33)15(5)6)24(22(20)30)38-28(34)16(7)8/h9-12H,1,3,5,7H2,2,4,6,8H3. The van der Waals surface area contributed by atoms with E-state index in [0.29, 0.717) is 6.07 Å². The average molecular weight is 526 g/mol. The van der Waals surface area contributed by atoms with E-state index < -0.39 is 52.6 Å². The zero-order valence-corrected chi connectivity index (χ0v) is 21.2. The van der Waals surface area contributed by atoms with Crippen molar-refractivity contribution >= 4 is 23.9 Å². The van der Waals surface area contributed by atoms with Gasteiger partial charge in [-0.15, -0.1) is 0 Å². The molecule has 0 amide bonds. The zero-order chi connectivity index (χ0) is 28.9. The number of hydrogen-bond donors (Lipinski definition) is 0. The smallest absolute Gasteiger partial charge is 0.338 e. The van der Waals surface area contributed by atoms with Crippen LogP contribution in [-0.4, -0.2) is 23.9 Å². The summed E-state index contributed by atoms with van der Waals surface area (Å²) < 4.78 is 51.2. The van der Waals surface area contributed by atoms with Gasteiger partial charge in [-0.25, -0.2) is 28.0 Å². The van der Waals surface area contributed by atoms with Crippen molar-refractivity contribution < 1.29 is 46.9 Å². The van der Waals surface area contributed by atoms with Crippen LogP contribution < -0.4 is 18.9 Å². The molecule has 0 aliphatic heterocycles. The predicted octanol–water partition coefficient (Wildman–Crippen LogP) is 5.56. The van der Waals surface area contributed by atoms with Crippen LogP contribution in [0.5, 0.6) is 23.0 Å². The lowest BCUT2D eigenvalue weighted by Gasteiger charge is -2.16. The highest BCUT2D eigenvalue weighted by molar-refractivity contribution is 5.92. The van der Waals surface area contributed by atoms with E-state index in [9.17, 15) is 19.2 Å². The predicted molar refractivity (Wildman–Crippen MR) is 134 cm³/mol. The van der Waals surface area contributed by atoms with Gasteiger partial charge in [-0.2, -0.15) is 0 Å². The summed E-state index contributed by atoms with van der Waals surface area (Å²) in [6.45, 7) is 19.0. The van der Waals surface area contributed by atoms with Gasteiger partial charge in [0.05, 0.1) is 0 Å². The molecule has 0 N–H and O–H groups in total. The van der Waals surface area contributed by atoms with Crippen LogP contribution in [0.1, 0.15) is 27.7 Å². The van der Waals surface area contributed by atoms with Crippen molar-refractivity contribution in [2.75, 3.05) is 0 Å². The summed E-state index contributed by atoms with van der Waals surface area (Å²) in [7, 11) is 0. The van der Waals surface area contributed by atoms with Gasteiger partial charge in [0.25, 0.3) is 0 Å². The topological polar surface area (TPSA) is 105 Å². The molecule has 2 rings (SSSR count). The molecule has 8 nitrogen and oxygen atoms in total. The van der Waals surface area contributed by atoms with Gasteiger partial charge in [-0.05, 0) is 51.5 Å². The minimum Gasteiger partial charge on any atom is -0.423 e. The Morgan fingerprint density at radius 3 is 1.34 bits per heavy atom. The minimum atomic E-state index is -1.33. The van der Waals surface area contributed by atoms with Gasteiger partial charge >= 0.3 is 23.9 Å². The molecule has 0 unspecified atom stereocenters. The highest BCUT2D eigenvalue weighted by atomic mass is 19.1. The van der Waals surface area contributed by atoms with Crippen LogP contribution in [0.3, 0.4) is 0 Å². The molecule has 0 aliphatic carbocycles. The third-order valence-corrected chi connectivity index (χ3v) is 4.53. The summed E-state index contributed by atoms with van der Waals surface area (Å²) >= 11 is 0. The Kier molecular flexibility index (Phi) is 9.21. The fraction of sp³-hybridized carbons (Fsp3) is 0.143. The number of ether oxygens (including phenoxy) is 4. The first-order chi connectivity index (χ1) is 17.6. The summed E-state index contributed by atoms with van der Waals surface area (Å²) in [5.74, 6) is -9.01. The van der Waals surface area contributed by atoms with Crippen molar-refractivity contribution in [3.63, 3.8) is 0 Å². The van der Waals surface area contributed by atoms with Gasteiger partial charge in [0.15, 0.2) is 11.6 Å². The molecule has 0 spiro atoms. The molecule has 0 radical (unpaired) electrons. The molecule has 0 saturated carbocycles. The highest BCUT2D eigenvalue weighted by Gasteiger charge is 2.27. The molecule has 0 saturated heterocycles. The molecule has 0 aliphatic rings. The van der Waals surface area contributed by atoms with E-state index in [2.05, 4.69) is 26.3 Å². The van der Waals surface area contributed by atoms with E-state index in [1.54, 1.807) is 0 Å².